The van der Waals surface area contributed by atoms with Crippen LogP contribution in [0.25, 0.3) is 0 Å². The van der Waals surface area contributed by atoms with Crippen molar-refractivity contribution in [1.29, 1.82) is 0 Å². The molecule has 0 radical (unpaired) electrons. The van der Waals surface area contributed by atoms with Crippen LogP contribution in [0.1, 0.15) is 18.4 Å². The normalized spacial score (nSPS) is 13.9. The van der Waals surface area contributed by atoms with Crippen molar-refractivity contribution in [3.63, 3.8) is 0 Å². The molecule has 1 aromatic rings. The summed E-state index contributed by atoms with van der Waals surface area (Å²) in [7, 11) is 0. The number of aliphatic hydroxyl groups is 1. The first kappa shape index (κ1) is 12.8. The summed E-state index contributed by atoms with van der Waals surface area (Å²) < 4.78 is 0. The fourth-order valence-electron chi connectivity index (χ4n) is 1.75. The Morgan fingerprint density at radius 3 is 2.89 bits per heavy atom. The Morgan fingerprint density at radius 1 is 1.28 bits per heavy atom. The van der Waals surface area contributed by atoms with Crippen molar-refractivity contribution in [2.75, 3.05) is 5.32 Å². The summed E-state index contributed by atoms with van der Waals surface area (Å²) in [5.41, 5.74) is 2.76. The van der Waals surface area contributed by atoms with Crippen LogP contribution in [-0.2, 0) is 6.61 Å². The van der Waals surface area contributed by atoms with Gasteiger partial charge in [-0.15, -0.1) is 0 Å². The van der Waals surface area contributed by atoms with Crippen LogP contribution in [0.2, 0.25) is 0 Å². The Labute approximate surface area is 112 Å². The Bertz CT molecular complexity index is 494. The summed E-state index contributed by atoms with van der Waals surface area (Å²) in [6.45, 7) is 0.0314. The first-order valence-electron chi connectivity index (χ1n) is 5.92. The molecule has 0 heterocycles. The molecule has 1 aromatic carbocycles. The highest BCUT2D eigenvalue weighted by atomic mass is 32.1. The van der Waals surface area contributed by atoms with Crippen LogP contribution < -0.4 is 10.6 Å². The first-order valence-corrected chi connectivity index (χ1v) is 6.33. The second-order valence-corrected chi connectivity index (χ2v) is 4.49. The number of rotatable bonds is 3. The molecule has 4 heteroatoms. The summed E-state index contributed by atoms with van der Waals surface area (Å²) >= 11 is 5.24. The minimum absolute atomic E-state index is 0.0314. The van der Waals surface area contributed by atoms with Crippen molar-refractivity contribution in [3.8, 4) is 0 Å². The SMILES string of the molecule is OCc1cccc(NC(=S)NC2=CCCC=C2)c1. The molecule has 0 bridgehead atoms. The van der Waals surface area contributed by atoms with Gasteiger partial charge >= 0.3 is 0 Å². The highest BCUT2D eigenvalue weighted by molar-refractivity contribution is 7.80. The van der Waals surface area contributed by atoms with E-state index < -0.39 is 0 Å². The molecule has 0 saturated heterocycles. The molecule has 94 valence electrons. The zero-order valence-corrected chi connectivity index (χ0v) is 10.8. The topological polar surface area (TPSA) is 44.3 Å². The lowest BCUT2D eigenvalue weighted by Crippen LogP contribution is -2.27. The van der Waals surface area contributed by atoms with Crippen LogP contribution in [0.15, 0.2) is 48.2 Å². The van der Waals surface area contributed by atoms with Gasteiger partial charge in [-0.05, 0) is 48.8 Å². The number of thiocarbonyl (C=S) groups is 1. The highest BCUT2D eigenvalue weighted by Crippen LogP contribution is 2.11. The third kappa shape index (κ3) is 3.68. The van der Waals surface area contributed by atoms with E-state index in [1.54, 1.807) is 0 Å². The number of hydrogen-bond acceptors (Lipinski definition) is 2. The molecule has 3 nitrogen and oxygen atoms in total. The van der Waals surface area contributed by atoms with Crippen LogP contribution in [0.4, 0.5) is 5.69 Å². The molecule has 1 aliphatic rings. The molecule has 0 fully saturated rings. The van der Waals surface area contributed by atoms with Crippen molar-refractivity contribution >= 4 is 23.0 Å². The lowest BCUT2D eigenvalue weighted by atomic mass is 10.1. The van der Waals surface area contributed by atoms with E-state index in [4.69, 9.17) is 17.3 Å². The number of benzene rings is 1. The first-order chi connectivity index (χ1) is 8.78. The Balaban J connectivity index is 1.94. The van der Waals surface area contributed by atoms with Gasteiger partial charge in [-0.1, -0.05) is 24.3 Å². The Hall–Kier alpha value is -1.65. The number of anilines is 1. The van der Waals surface area contributed by atoms with E-state index in [-0.39, 0.29) is 6.61 Å². The molecule has 1 aliphatic carbocycles. The molecule has 2 rings (SSSR count). The maximum absolute atomic E-state index is 9.06. The monoisotopic (exact) mass is 260 g/mol. The summed E-state index contributed by atoms with van der Waals surface area (Å²) in [6.07, 6.45) is 8.41. The zero-order chi connectivity index (χ0) is 12.8. The van der Waals surface area contributed by atoms with Crippen molar-refractivity contribution < 1.29 is 5.11 Å². The minimum atomic E-state index is 0.0314. The van der Waals surface area contributed by atoms with Gasteiger partial charge in [0.1, 0.15) is 0 Å². The molecule has 0 atom stereocenters. The summed E-state index contributed by atoms with van der Waals surface area (Å²) in [5, 5.41) is 15.9. The fraction of sp³-hybridized carbons (Fsp3) is 0.214. The molecule has 18 heavy (non-hydrogen) atoms. The van der Waals surface area contributed by atoms with Crippen LogP contribution in [0, 0.1) is 0 Å². The lowest BCUT2D eigenvalue weighted by Gasteiger charge is -2.13. The van der Waals surface area contributed by atoms with Gasteiger partial charge in [-0.2, -0.15) is 0 Å². The second-order valence-electron chi connectivity index (χ2n) is 4.08. The molecule has 0 aromatic heterocycles. The molecule has 3 N–H and O–H groups in total. The molecule has 0 amide bonds. The molecule has 0 saturated carbocycles. The van der Waals surface area contributed by atoms with Crippen LogP contribution in [0.5, 0.6) is 0 Å². The van der Waals surface area contributed by atoms with E-state index in [1.165, 1.54) is 0 Å². The van der Waals surface area contributed by atoms with Gasteiger partial charge in [0.15, 0.2) is 5.11 Å². The van der Waals surface area contributed by atoms with Crippen molar-refractivity contribution in [2.24, 2.45) is 0 Å². The highest BCUT2D eigenvalue weighted by Gasteiger charge is 2.01. The average Bonchev–Trinajstić information content (AvgIpc) is 2.40. The summed E-state index contributed by atoms with van der Waals surface area (Å²) in [6, 6.07) is 7.54. The maximum Gasteiger partial charge on any atom is 0.175 e. The molecular formula is C14H16N2OS. The van der Waals surface area contributed by atoms with Gasteiger partial charge < -0.3 is 15.7 Å². The van der Waals surface area contributed by atoms with Gasteiger partial charge in [0, 0.05) is 11.4 Å². The number of allylic oxidation sites excluding steroid dienone is 3. The van der Waals surface area contributed by atoms with Gasteiger partial charge in [0.25, 0.3) is 0 Å². The lowest BCUT2D eigenvalue weighted by molar-refractivity contribution is 0.282. The molecule has 0 unspecified atom stereocenters. The number of nitrogens with one attached hydrogen (secondary N) is 2. The Kier molecular flexibility index (Phi) is 4.50. The van der Waals surface area contributed by atoms with E-state index in [1.807, 2.05) is 30.3 Å². The average molecular weight is 260 g/mol. The fourth-order valence-corrected chi connectivity index (χ4v) is 1.98. The van der Waals surface area contributed by atoms with E-state index >= 15 is 0 Å². The smallest absolute Gasteiger partial charge is 0.175 e. The van der Waals surface area contributed by atoms with E-state index in [0.717, 1.165) is 29.8 Å². The second kappa shape index (κ2) is 6.33. The summed E-state index contributed by atoms with van der Waals surface area (Å²) in [5.74, 6) is 0. The molecule has 0 spiro atoms. The zero-order valence-electron chi connectivity index (χ0n) is 10.0. The predicted molar refractivity (Wildman–Crippen MR) is 78.2 cm³/mol. The quantitative estimate of drug-likeness (QED) is 0.731. The third-order valence-corrected chi connectivity index (χ3v) is 2.82. The van der Waals surface area contributed by atoms with Gasteiger partial charge in [-0.3, -0.25) is 0 Å². The summed E-state index contributed by atoms with van der Waals surface area (Å²) in [4.78, 5) is 0. The van der Waals surface area contributed by atoms with E-state index in [9.17, 15) is 0 Å². The predicted octanol–water partition coefficient (Wildman–Crippen LogP) is 2.70. The van der Waals surface area contributed by atoms with Gasteiger partial charge in [-0.25, -0.2) is 0 Å². The molecule has 0 aliphatic heterocycles. The van der Waals surface area contributed by atoms with Crippen LogP contribution in [0.3, 0.4) is 0 Å². The van der Waals surface area contributed by atoms with E-state index in [0.29, 0.717) is 5.11 Å². The third-order valence-electron chi connectivity index (χ3n) is 2.62. The maximum atomic E-state index is 9.06. The van der Waals surface area contributed by atoms with Gasteiger partial charge in [0.2, 0.25) is 0 Å². The van der Waals surface area contributed by atoms with Gasteiger partial charge in [0.05, 0.1) is 6.61 Å². The minimum Gasteiger partial charge on any atom is -0.392 e. The van der Waals surface area contributed by atoms with Crippen LogP contribution >= 0.6 is 12.2 Å². The van der Waals surface area contributed by atoms with Crippen molar-refractivity contribution in [2.45, 2.75) is 19.4 Å². The van der Waals surface area contributed by atoms with E-state index in [2.05, 4.69) is 22.8 Å². The van der Waals surface area contributed by atoms with Crippen molar-refractivity contribution in [3.05, 3.63) is 53.8 Å². The van der Waals surface area contributed by atoms with Crippen LogP contribution in [-0.4, -0.2) is 10.2 Å². The molecular weight excluding hydrogens is 244 g/mol. The van der Waals surface area contributed by atoms with Crippen molar-refractivity contribution in [1.82, 2.24) is 5.32 Å². The number of aliphatic hydroxyl groups excluding tert-OH is 1. The largest absolute Gasteiger partial charge is 0.392 e. The number of hydrogen-bond donors (Lipinski definition) is 3. The Morgan fingerprint density at radius 2 is 2.17 bits per heavy atom. The standard InChI is InChI=1S/C14H16N2OS/c17-10-11-5-4-8-13(9-11)16-14(18)15-12-6-2-1-3-7-12/h2,4-9,17H,1,3,10H2,(H2,15,16,18).